The Labute approximate surface area is 160 Å². The Kier molecular flexibility index (Phi) is 4.80. The molecule has 1 amide bonds. The molecule has 0 radical (unpaired) electrons. The molecule has 0 atom stereocenters. The van der Waals surface area contributed by atoms with Crippen LogP contribution in [-0.4, -0.2) is 22.5 Å². The van der Waals surface area contributed by atoms with E-state index < -0.39 is 0 Å². The highest BCUT2D eigenvalue weighted by Gasteiger charge is 2.16. The van der Waals surface area contributed by atoms with Gasteiger partial charge in [0.1, 0.15) is 11.4 Å². The largest absolute Gasteiger partial charge is 0.493 e. The molecule has 0 aliphatic heterocycles. The summed E-state index contributed by atoms with van der Waals surface area (Å²) < 4.78 is 5.69. The van der Waals surface area contributed by atoms with Gasteiger partial charge in [-0.2, -0.15) is 0 Å². The van der Waals surface area contributed by atoms with Crippen molar-refractivity contribution in [1.29, 1.82) is 0 Å². The number of ether oxygens (including phenoxy) is 1. The van der Waals surface area contributed by atoms with Crippen LogP contribution in [0.2, 0.25) is 0 Å². The van der Waals surface area contributed by atoms with Crippen molar-refractivity contribution < 1.29 is 9.53 Å². The molecule has 5 nitrogen and oxygen atoms in total. The summed E-state index contributed by atoms with van der Waals surface area (Å²) in [6, 6.07) is 17.3. The molecule has 0 spiro atoms. The predicted molar refractivity (Wildman–Crippen MR) is 108 cm³/mol. The zero-order chi connectivity index (χ0) is 18.6. The van der Waals surface area contributed by atoms with Gasteiger partial charge >= 0.3 is 0 Å². The van der Waals surface area contributed by atoms with Crippen molar-refractivity contribution in [3.63, 3.8) is 0 Å². The van der Waals surface area contributed by atoms with Crippen LogP contribution in [0.4, 0.5) is 5.13 Å². The van der Waals surface area contributed by atoms with Gasteiger partial charge in [-0.3, -0.25) is 15.1 Å². The maximum atomic E-state index is 12.9. The van der Waals surface area contributed by atoms with Gasteiger partial charge in [-0.15, -0.1) is 11.3 Å². The van der Waals surface area contributed by atoms with E-state index in [1.807, 2.05) is 66.9 Å². The van der Waals surface area contributed by atoms with Crippen LogP contribution in [0.25, 0.3) is 22.2 Å². The summed E-state index contributed by atoms with van der Waals surface area (Å²) >= 11 is 1.37. The van der Waals surface area contributed by atoms with Gasteiger partial charge in [-0.25, -0.2) is 4.98 Å². The monoisotopic (exact) mass is 375 g/mol. The normalized spacial score (nSPS) is 10.7. The molecule has 0 unspecified atom stereocenters. The Morgan fingerprint density at radius 1 is 1.07 bits per heavy atom. The van der Waals surface area contributed by atoms with Crippen molar-refractivity contribution >= 4 is 33.1 Å². The van der Waals surface area contributed by atoms with Gasteiger partial charge in [-0.1, -0.05) is 30.3 Å². The number of hydrogen-bond acceptors (Lipinski definition) is 5. The maximum absolute atomic E-state index is 12.9. The van der Waals surface area contributed by atoms with Crippen LogP contribution in [0, 0.1) is 0 Å². The van der Waals surface area contributed by atoms with Gasteiger partial charge in [0.15, 0.2) is 5.13 Å². The van der Waals surface area contributed by atoms with Gasteiger partial charge in [0, 0.05) is 11.6 Å². The van der Waals surface area contributed by atoms with E-state index in [0.717, 1.165) is 22.2 Å². The Morgan fingerprint density at radius 3 is 2.59 bits per heavy atom. The van der Waals surface area contributed by atoms with Crippen molar-refractivity contribution in [2.45, 2.75) is 6.92 Å². The van der Waals surface area contributed by atoms with Crippen molar-refractivity contribution in [2.75, 3.05) is 11.9 Å². The lowest BCUT2D eigenvalue weighted by Gasteiger charge is -2.11. The average Bonchev–Trinajstić information content (AvgIpc) is 3.17. The van der Waals surface area contributed by atoms with Crippen molar-refractivity contribution in [2.24, 2.45) is 0 Å². The molecule has 0 bridgehead atoms. The SMILES string of the molecule is CCOc1cc2ccccc2cc1C(=O)Nc1nc(-c2ccccn2)cs1. The minimum Gasteiger partial charge on any atom is -0.493 e. The van der Waals surface area contributed by atoms with E-state index in [2.05, 4.69) is 15.3 Å². The fourth-order valence-electron chi connectivity index (χ4n) is 2.80. The lowest BCUT2D eigenvalue weighted by Crippen LogP contribution is -2.13. The Morgan fingerprint density at radius 2 is 1.85 bits per heavy atom. The van der Waals surface area contributed by atoms with Crippen LogP contribution in [-0.2, 0) is 0 Å². The quantitative estimate of drug-likeness (QED) is 0.533. The predicted octanol–water partition coefficient (Wildman–Crippen LogP) is 5.01. The first-order valence-electron chi connectivity index (χ1n) is 8.58. The van der Waals surface area contributed by atoms with Gasteiger partial charge in [0.2, 0.25) is 0 Å². The van der Waals surface area contributed by atoms with E-state index in [9.17, 15) is 4.79 Å². The summed E-state index contributed by atoms with van der Waals surface area (Å²) in [5.41, 5.74) is 2.00. The van der Waals surface area contributed by atoms with Crippen molar-refractivity contribution in [3.8, 4) is 17.1 Å². The number of hydrogen-bond donors (Lipinski definition) is 1. The summed E-state index contributed by atoms with van der Waals surface area (Å²) in [5.74, 6) is 0.321. The minimum absolute atomic E-state index is 0.244. The van der Waals surface area contributed by atoms with Crippen LogP contribution in [0.3, 0.4) is 0 Å². The molecule has 0 fully saturated rings. The van der Waals surface area contributed by atoms with Gasteiger partial charge in [0.05, 0.1) is 17.9 Å². The first-order valence-corrected chi connectivity index (χ1v) is 9.46. The maximum Gasteiger partial charge on any atom is 0.261 e. The molecular formula is C21H17N3O2S. The molecule has 134 valence electrons. The molecule has 2 aromatic heterocycles. The van der Waals surface area contributed by atoms with Gasteiger partial charge < -0.3 is 4.74 Å². The summed E-state index contributed by atoms with van der Waals surface area (Å²) in [5, 5.41) is 7.29. The Bertz CT molecular complexity index is 1090. The molecule has 2 heterocycles. The summed E-state index contributed by atoms with van der Waals surface area (Å²) in [7, 11) is 0. The van der Waals surface area contributed by atoms with E-state index in [0.29, 0.717) is 23.1 Å². The van der Waals surface area contributed by atoms with Crippen LogP contribution in [0.5, 0.6) is 5.75 Å². The second-order valence-electron chi connectivity index (χ2n) is 5.84. The van der Waals surface area contributed by atoms with E-state index >= 15 is 0 Å². The first kappa shape index (κ1) is 17.2. The smallest absolute Gasteiger partial charge is 0.261 e. The average molecular weight is 375 g/mol. The number of benzene rings is 2. The van der Waals surface area contributed by atoms with Crippen molar-refractivity contribution in [3.05, 3.63) is 71.7 Å². The van der Waals surface area contributed by atoms with Crippen LogP contribution in [0.15, 0.2) is 66.2 Å². The van der Waals surface area contributed by atoms with Crippen LogP contribution >= 0.6 is 11.3 Å². The second kappa shape index (κ2) is 7.55. The molecule has 0 aliphatic carbocycles. The number of thiazole rings is 1. The number of nitrogens with one attached hydrogen (secondary N) is 1. The molecule has 0 saturated heterocycles. The Balaban J connectivity index is 1.63. The third-order valence-electron chi connectivity index (χ3n) is 4.04. The number of anilines is 1. The van der Waals surface area contributed by atoms with E-state index in [1.165, 1.54) is 11.3 Å². The number of carbonyl (C=O) groups excluding carboxylic acids is 1. The van der Waals surface area contributed by atoms with Crippen LogP contribution < -0.4 is 10.1 Å². The Hall–Kier alpha value is -3.25. The number of aromatic nitrogens is 2. The number of fused-ring (bicyclic) bond motifs is 1. The third-order valence-corrected chi connectivity index (χ3v) is 4.80. The topological polar surface area (TPSA) is 64.1 Å². The summed E-state index contributed by atoms with van der Waals surface area (Å²) in [6.45, 7) is 2.39. The molecule has 0 saturated carbocycles. The lowest BCUT2D eigenvalue weighted by atomic mass is 10.1. The van der Waals surface area contributed by atoms with Gasteiger partial charge in [-0.05, 0) is 42.0 Å². The standard InChI is InChI=1S/C21H17N3O2S/c1-2-26-19-12-15-8-4-3-7-14(15)11-16(19)20(25)24-21-23-18(13-27-21)17-9-5-6-10-22-17/h3-13H,2H2,1H3,(H,23,24,25). The zero-order valence-corrected chi connectivity index (χ0v) is 15.5. The van der Waals surface area contributed by atoms with E-state index in [-0.39, 0.29) is 5.91 Å². The van der Waals surface area contributed by atoms with Crippen molar-refractivity contribution in [1.82, 2.24) is 9.97 Å². The molecule has 0 aliphatic rings. The molecule has 1 N–H and O–H groups in total. The first-order chi connectivity index (χ1) is 13.2. The molecule has 4 rings (SSSR count). The fraction of sp³-hybridized carbons (Fsp3) is 0.0952. The third kappa shape index (κ3) is 3.66. The summed E-state index contributed by atoms with van der Waals surface area (Å²) in [4.78, 5) is 21.6. The zero-order valence-electron chi connectivity index (χ0n) is 14.7. The number of carbonyl (C=O) groups is 1. The molecule has 2 aromatic carbocycles. The number of nitrogens with zero attached hydrogens (tertiary/aromatic N) is 2. The van der Waals surface area contributed by atoms with E-state index in [1.54, 1.807) is 6.20 Å². The summed E-state index contributed by atoms with van der Waals surface area (Å²) in [6.07, 6.45) is 1.72. The highest BCUT2D eigenvalue weighted by Crippen LogP contribution is 2.28. The molecule has 4 aromatic rings. The van der Waals surface area contributed by atoms with Crippen LogP contribution in [0.1, 0.15) is 17.3 Å². The van der Waals surface area contributed by atoms with E-state index in [4.69, 9.17) is 4.74 Å². The fourth-order valence-corrected chi connectivity index (χ4v) is 3.50. The molecule has 27 heavy (non-hydrogen) atoms. The number of amides is 1. The lowest BCUT2D eigenvalue weighted by molar-refractivity contribution is 0.102. The molecular weight excluding hydrogens is 358 g/mol. The second-order valence-corrected chi connectivity index (χ2v) is 6.69. The number of rotatable bonds is 5. The highest BCUT2D eigenvalue weighted by atomic mass is 32.1. The molecule has 6 heteroatoms. The minimum atomic E-state index is -0.244. The van der Waals surface area contributed by atoms with Gasteiger partial charge in [0.25, 0.3) is 5.91 Å². The number of pyridine rings is 1. The highest BCUT2D eigenvalue weighted by molar-refractivity contribution is 7.14.